The van der Waals surface area contributed by atoms with Gasteiger partial charge in [0, 0.05) is 11.3 Å². The SMILES string of the molecule is CC1=CCCC(C)=C1c1ccccc1N. The highest BCUT2D eigenvalue weighted by Gasteiger charge is 2.13. The molecule has 1 aromatic carbocycles. The molecule has 0 unspecified atom stereocenters. The third-order valence-electron chi connectivity index (χ3n) is 3.02. The summed E-state index contributed by atoms with van der Waals surface area (Å²) in [6, 6.07) is 8.11. The van der Waals surface area contributed by atoms with Gasteiger partial charge in [0.25, 0.3) is 0 Å². The minimum absolute atomic E-state index is 0.876. The summed E-state index contributed by atoms with van der Waals surface area (Å²) in [4.78, 5) is 0. The summed E-state index contributed by atoms with van der Waals surface area (Å²) in [6.07, 6.45) is 4.61. The van der Waals surface area contributed by atoms with Crippen molar-refractivity contribution < 1.29 is 0 Å². The summed E-state index contributed by atoms with van der Waals surface area (Å²) in [5, 5.41) is 0. The maximum absolute atomic E-state index is 6.01. The van der Waals surface area contributed by atoms with Crippen molar-refractivity contribution >= 4 is 11.3 Å². The Hall–Kier alpha value is -1.50. The minimum atomic E-state index is 0.876. The van der Waals surface area contributed by atoms with E-state index in [-0.39, 0.29) is 0 Å². The molecule has 1 nitrogen and oxygen atoms in total. The van der Waals surface area contributed by atoms with Crippen LogP contribution in [0.3, 0.4) is 0 Å². The molecule has 0 spiro atoms. The van der Waals surface area contributed by atoms with Crippen LogP contribution in [0, 0.1) is 0 Å². The summed E-state index contributed by atoms with van der Waals surface area (Å²) >= 11 is 0. The summed E-state index contributed by atoms with van der Waals surface area (Å²) in [5.74, 6) is 0. The maximum Gasteiger partial charge on any atom is 0.0393 e. The van der Waals surface area contributed by atoms with Crippen molar-refractivity contribution in [3.63, 3.8) is 0 Å². The van der Waals surface area contributed by atoms with Gasteiger partial charge in [0.15, 0.2) is 0 Å². The first kappa shape index (κ1) is 10.0. The molecule has 15 heavy (non-hydrogen) atoms. The molecule has 0 saturated heterocycles. The van der Waals surface area contributed by atoms with Crippen molar-refractivity contribution in [2.24, 2.45) is 0 Å². The van der Waals surface area contributed by atoms with Crippen LogP contribution in [-0.2, 0) is 0 Å². The van der Waals surface area contributed by atoms with Crippen LogP contribution in [0.15, 0.2) is 41.5 Å². The van der Waals surface area contributed by atoms with E-state index in [4.69, 9.17) is 5.73 Å². The van der Waals surface area contributed by atoms with Crippen LogP contribution in [0.2, 0.25) is 0 Å². The predicted octanol–water partition coefficient (Wildman–Crippen LogP) is 3.78. The number of para-hydroxylation sites is 1. The van der Waals surface area contributed by atoms with Crippen molar-refractivity contribution in [3.05, 3.63) is 47.1 Å². The second kappa shape index (κ2) is 3.93. The van der Waals surface area contributed by atoms with Gasteiger partial charge in [-0.05, 0) is 43.9 Å². The highest BCUT2D eigenvalue weighted by atomic mass is 14.6. The first-order chi connectivity index (χ1) is 7.20. The fourth-order valence-corrected chi connectivity index (χ4v) is 2.24. The van der Waals surface area contributed by atoms with Crippen LogP contribution in [-0.4, -0.2) is 0 Å². The fourth-order valence-electron chi connectivity index (χ4n) is 2.24. The van der Waals surface area contributed by atoms with E-state index in [1.54, 1.807) is 0 Å². The molecule has 0 bridgehead atoms. The van der Waals surface area contributed by atoms with Gasteiger partial charge < -0.3 is 5.73 Å². The number of hydrogen-bond donors (Lipinski definition) is 1. The predicted molar refractivity (Wildman–Crippen MR) is 66.4 cm³/mol. The van der Waals surface area contributed by atoms with E-state index < -0.39 is 0 Å². The van der Waals surface area contributed by atoms with Crippen molar-refractivity contribution in [1.29, 1.82) is 0 Å². The Balaban J connectivity index is 2.55. The van der Waals surface area contributed by atoms with Gasteiger partial charge in [0.05, 0.1) is 0 Å². The van der Waals surface area contributed by atoms with Gasteiger partial charge >= 0.3 is 0 Å². The Morgan fingerprint density at radius 2 is 1.87 bits per heavy atom. The van der Waals surface area contributed by atoms with Gasteiger partial charge in [-0.25, -0.2) is 0 Å². The second-order valence-corrected chi connectivity index (χ2v) is 4.17. The molecule has 1 heteroatoms. The highest BCUT2D eigenvalue weighted by Crippen LogP contribution is 2.35. The second-order valence-electron chi connectivity index (χ2n) is 4.17. The molecule has 1 aliphatic rings. The van der Waals surface area contributed by atoms with Gasteiger partial charge in [-0.3, -0.25) is 0 Å². The van der Waals surface area contributed by atoms with Crippen LogP contribution >= 0.6 is 0 Å². The number of anilines is 1. The highest BCUT2D eigenvalue weighted by molar-refractivity contribution is 5.86. The van der Waals surface area contributed by atoms with Gasteiger partial charge in [-0.1, -0.05) is 29.8 Å². The van der Waals surface area contributed by atoms with E-state index in [9.17, 15) is 0 Å². The lowest BCUT2D eigenvalue weighted by Crippen LogP contribution is -2.00. The van der Waals surface area contributed by atoms with Gasteiger partial charge in [0.2, 0.25) is 0 Å². The molecule has 2 rings (SSSR count). The van der Waals surface area contributed by atoms with Crippen LogP contribution in [0.25, 0.3) is 5.57 Å². The zero-order valence-corrected chi connectivity index (χ0v) is 9.38. The first-order valence-corrected chi connectivity index (χ1v) is 5.42. The summed E-state index contributed by atoms with van der Waals surface area (Å²) in [5.41, 5.74) is 12.2. The van der Waals surface area contributed by atoms with Crippen LogP contribution in [0.1, 0.15) is 32.3 Å². The average molecular weight is 199 g/mol. The lowest BCUT2D eigenvalue weighted by Gasteiger charge is -2.19. The van der Waals surface area contributed by atoms with E-state index in [2.05, 4.69) is 26.0 Å². The molecule has 78 valence electrons. The van der Waals surface area contributed by atoms with Crippen molar-refractivity contribution in [2.45, 2.75) is 26.7 Å². The van der Waals surface area contributed by atoms with E-state index in [1.807, 2.05) is 18.2 Å². The van der Waals surface area contributed by atoms with E-state index >= 15 is 0 Å². The summed E-state index contributed by atoms with van der Waals surface area (Å²) in [7, 11) is 0. The standard InChI is InChI=1S/C14H17N/c1-10-6-5-7-11(2)14(10)12-8-3-4-9-13(12)15/h3-4,6,8-9H,5,7,15H2,1-2H3. The number of hydrogen-bond acceptors (Lipinski definition) is 1. The Bertz CT molecular complexity index is 438. The molecular formula is C14H17N. The molecule has 0 saturated carbocycles. The topological polar surface area (TPSA) is 26.0 Å². The molecule has 0 aliphatic heterocycles. The lowest BCUT2D eigenvalue weighted by molar-refractivity contribution is 0.953. The van der Waals surface area contributed by atoms with Crippen molar-refractivity contribution in [1.82, 2.24) is 0 Å². The van der Waals surface area contributed by atoms with E-state index in [0.717, 1.165) is 18.5 Å². The number of allylic oxidation sites excluding steroid dienone is 4. The first-order valence-electron chi connectivity index (χ1n) is 5.42. The van der Waals surface area contributed by atoms with Crippen LogP contribution in [0.5, 0.6) is 0 Å². The number of nitrogen functional groups attached to an aromatic ring is 1. The molecule has 0 amide bonds. The minimum Gasteiger partial charge on any atom is -0.398 e. The molecule has 0 atom stereocenters. The quantitative estimate of drug-likeness (QED) is 0.684. The zero-order valence-electron chi connectivity index (χ0n) is 9.38. The molecule has 0 radical (unpaired) electrons. The molecule has 0 fully saturated rings. The van der Waals surface area contributed by atoms with Crippen LogP contribution in [0.4, 0.5) is 5.69 Å². The normalized spacial score (nSPS) is 16.5. The number of rotatable bonds is 1. The average Bonchev–Trinajstić information content (AvgIpc) is 2.20. The third kappa shape index (κ3) is 1.82. The largest absolute Gasteiger partial charge is 0.398 e. The van der Waals surface area contributed by atoms with E-state index in [1.165, 1.54) is 22.3 Å². The molecule has 1 aromatic rings. The van der Waals surface area contributed by atoms with Crippen molar-refractivity contribution in [3.8, 4) is 0 Å². The maximum atomic E-state index is 6.01. The summed E-state index contributed by atoms with van der Waals surface area (Å²) < 4.78 is 0. The Labute approximate surface area is 91.3 Å². The Morgan fingerprint density at radius 1 is 1.13 bits per heavy atom. The Morgan fingerprint density at radius 3 is 2.53 bits per heavy atom. The van der Waals surface area contributed by atoms with Crippen LogP contribution < -0.4 is 5.73 Å². The molecule has 0 heterocycles. The molecular weight excluding hydrogens is 182 g/mol. The smallest absolute Gasteiger partial charge is 0.0393 e. The van der Waals surface area contributed by atoms with Crippen molar-refractivity contribution in [2.75, 3.05) is 5.73 Å². The lowest BCUT2D eigenvalue weighted by atomic mass is 9.87. The van der Waals surface area contributed by atoms with E-state index in [0.29, 0.717) is 0 Å². The fraction of sp³-hybridized carbons (Fsp3) is 0.286. The van der Waals surface area contributed by atoms with Gasteiger partial charge in [0.1, 0.15) is 0 Å². The number of nitrogens with two attached hydrogens (primary N) is 1. The molecule has 0 aromatic heterocycles. The summed E-state index contributed by atoms with van der Waals surface area (Å²) in [6.45, 7) is 4.38. The molecule has 1 aliphatic carbocycles. The Kier molecular flexibility index (Phi) is 2.63. The monoisotopic (exact) mass is 199 g/mol. The van der Waals surface area contributed by atoms with Gasteiger partial charge in [-0.15, -0.1) is 0 Å². The third-order valence-corrected chi connectivity index (χ3v) is 3.02. The van der Waals surface area contributed by atoms with Gasteiger partial charge in [-0.2, -0.15) is 0 Å². The molecule has 2 N–H and O–H groups in total. The number of benzene rings is 1. The zero-order chi connectivity index (χ0) is 10.8.